The van der Waals surface area contributed by atoms with Crippen molar-refractivity contribution in [2.75, 3.05) is 7.05 Å². The number of amides is 1. The molecule has 0 aliphatic rings. The van der Waals surface area contributed by atoms with Crippen molar-refractivity contribution in [2.45, 2.75) is 59.0 Å². The summed E-state index contributed by atoms with van der Waals surface area (Å²) in [6.07, 6.45) is 2.70. The molecule has 0 spiro atoms. The molecule has 8 nitrogen and oxygen atoms in total. The van der Waals surface area contributed by atoms with Crippen LogP contribution in [-0.2, 0) is 17.4 Å². The molecule has 146 valence electrons. The van der Waals surface area contributed by atoms with Crippen LogP contribution in [0, 0.1) is 0 Å². The molecular weight excluding hydrogens is 346 g/mol. The summed E-state index contributed by atoms with van der Waals surface area (Å²) in [5, 5.41) is 13.2. The summed E-state index contributed by atoms with van der Waals surface area (Å²) in [6.45, 7) is 11.8. The van der Waals surface area contributed by atoms with Gasteiger partial charge in [-0.2, -0.15) is 0 Å². The Labute approximate surface area is 159 Å². The van der Waals surface area contributed by atoms with Crippen LogP contribution in [0.4, 0.5) is 0 Å². The lowest BCUT2D eigenvalue weighted by atomic mass is 9.85. The first-order chi connectivity index (χ1) is 12.4. The van der Waals surface area contributed by atoms with Crippen LogP contribution in [0.15, 0.2) is 12.5 Å². The van der Waals surface area contributed by atoms with Crippen LogP contribution >= 0.6 is 0 Å². The van der Waals surface area contributed by atoms with E-state index >= 15 is 0 Å². The fourth-order valence-corrected chi connectivity index (χ4v) is 2.47. The van der Waals surface area contributed by atoms with Crippen LogP contribution < -0.4 is 10.1 Å². The molecule has 0 radical (unpaired) electrons. The highest BCUT2D eigenvalue weighted by Gasteiger charge is 2.29. The van der Waals surface area contributed by atoms with E-state index in [9.17, 15) is 9.90 Å². The Morgan fingerprint density at radius 3 is 2.15 bits per heavy atom. The zero-order valence-corrected chi connectivity index (χ0v) is 16.9. The third-order valence-corrected chi connectivity index (χ3v) is 3.84. The van der Waals surface area contributed by atoms with E-state index in [4.69, 9.17) is 4.74 Å². The highest BCUT2D eigenvalue weighted by atomic mass is 16.5. The summed E-state index contributed by atoms with van der Waals surface area (Å²) in [5.74, 6) is 0.314. The highest BCUT2D eigenvalue weighted by molar-refractivity contribution is 5.95. The van der Waals surface area contributed by atoms with Crippen molar-refractivity contribution in [1.29, 1.82) is 0 Å². The van der Waals surface area contributed by atoms with Gasteiger partial charge < -0.3 is 15.2 Å². The molecule has 0 unspecified atom stereocenters. The molecular formula is C19H27N5O3. The van der Waals surface area contributed by atoms with Gasteiger partial charge in [-0.1, -0.05) is 41.5 Å². The molecule has 2 N–H and O–H groups in total. The van der Waals surface area contributed by atoms with Crippen molar-refractivity contribution in [3.63, 3.8) is 0 Å². The minimum absolute atomic E-state index is 0.00739. The van der Waals surface area contributed by atoms with Gasteiger partial charge >= 0.3 is 0 Å². The second-order valence-electron chi connectivity index (χ2n) is 8.30. The first-order valence-corrected chi connectivity index (χ1v) is 8.71. The van der Waals surface area contributed by atoms with E-state index in [0.29, 0.717) is 17.2 Å². The maximum Gasteiger partial charge on any atom is 0.258 e. The predicted molar refractivity (Wildman–Crippen MR) is 101 cm³/mol. The molecule has 0 aromatic carbocycles. The van der Waals surface area contributed by atoms with Crippen LogP contribution in [0.3, 0.4) is 0 Å². The number of hydrogen-bond acceptors (Lipinski definition) is 7. The minimum atomic E-state index is -0.371. The Balaban J connectivity index is 2.42. The maximum absolute atomic E-state index is 11.9. The normalized spacial score (nSPS) is 12.0. The Morgan fingerprint density at radius 2 is 1.67 bits per heavy atom. The Kier molecular flexibility index (Phi) is 5.67. The second-order valence-corrected chi connectivity index (χ2v) is 8.30. The van der Waals surface area contributed by atoms with Crippen molar-refractivity contribution in [1.82, 2.24) is 25.3 Å². The molecule has 0 saturated heterocycles. The van der Waals surface area contributed by atoms with Crippen molar-refractivity contribution in [3.8, 4) is 11.6 Å². The Hall–Kier alpha value is -2.77. The standard InChI is InChI=1S/C19H27N5O3/c1-18(2,3)14-13(25)15(19(4,5)6)24-12(23-14)9-27-17-11(16(26)20-7)8-21-10-22-17/h8,10,25H,9H2,1-7H3,(H,20,26). The summed E-state index contributed by atoms with van der Waals surface area (Å²) < 4.78 is 5.70. The Morgan fingerprint density at radius 1 is 1.11 bits per heavy atom. The zero-order valence-electron chi connectivity index (χ0n) is 16.9. The van der Waals surface area contributed by atoms with E-state index in [1.165, 1.54) is 19.6 Å². The summed E-state index contributed by atoms with van der Waals surface area (Å²) >= 11 is 0. The van der Waals surface area contributed by atoms with E-state index in [1.54, 1.807) is 0 Å². The molecule has 2 aromatic rings. The molecule has 2 aromatic heterocycles. The molecule has 0 fully saturated rings. The molecule has 27 heavy (non-hydrogen) atoms. The first kappa shape index (κ1) is 20.5. The fraction of sp³-hybridized carbons (Fsp3) is 0.526. The summed E-state index contributed by atoms with van der Waals surface area (Å²) in [7, 11) is 1.52. The quantitative estimate of drug-likeness (QED) is 0.847. The molecule has 2 heterocycles. The lowest BCUT2D eigenvalue weighted by Crippen LogP contribution is -2.23. The highest BCUT2D eigenvalue weighted by Crippen LogP contribution is 2.36. The van der Waals surface area contributed by atoms with E-state index in [0.717, 1.165) is 0 Å². The molecule has 0 aliphatic carbocycles. The topological polar surface area (TPSA) is 110 Å². The molecule has 0 bridgehead atoms. The van der Waals surface area contributed by atoms with Crippen LogP contribution in [0.5, 0.6) is 11.6 Å². The molecule has 2 rings (SSSR count). The van der Waals surface area contributed by atoms with E-state index < -0.39 is 0 Å². The molecule has 0 saturated carbocycles. The van der Waals surface area contributed by atoms with Gasteiger partial charge in [-0.15, -0.1) is 0 Å². The first-order valence-electron chi connectivity index (χ1n) is 8.71. The number of nitrogens with zero attached hydrogens (tertiary/aromatic N) is 4. The monoisotopic (exact) mass is 373 g/mol. The number of hydrogen-bond donors (Lipinski definition) is 2. The zero-order chi connectivity index (χ0) is 20.4. The van der Waals surface area contributed by atoms with Crippen LogP contribution in [-0.4, -0.2) is 38.0 Å². The van der Waals surface area contributed by atoms with Gasteiger partial charge in [0.1, 0.15) is 18.5 Å². The lowest BCUT2D eigenvalue weighted by molar-refractivity contribution is 0.0957. The lowest BCUT2D eigenvalue weighted by Gasteiger charge is -2.26. The summed E-state index contributed by atoms with van der Waals surface area (Å²) in [6, 6.07) is 0. The smallest absolute Gasteiger partial charge is 0.258 e. The maximum atomic E-state index is 11.9. The third kappa shape index (κ3) is 4.69. The predicted octanol–water partition coefficient (Wildman–Crippen LogP) is 2.51. The number of nitrogens with one attached hydrogen (secondary N) is 1. The van der Waals surface area contributed by atoms with Crippen LogP contribution in [0.25, 0.3) is 0 Å². The van der Waals surface area contributed by atoms with Crippen LogP contribution in [0.2, 0.25) is 0 Å². The molecule has 0 aliphatic heterocycles. The van der Waals surface area contributed by atoms with Gasteiger partial charge in [-0.05, 0) is 0 Å². The number of ether oxygens (including phenoxy) is 1. The number of aromatic nitrogens is 4. The van der Waals surface area contributed by atoms with E-state index in [-0.39, 0.29) is 40.5 Å². The van der Waals surface area contributed by atoms with Gasteiger partial charge in [0.15, 0.2) is 11.6 Å². The van der Waals surface area contributed by atoms with Gasteiger partial charge in [-0.3, -0.25) is 4.79 Å². The molecule has 8 heteroatoms. The number of carbonyl (C=O) groups excluding carboxylic acids is 1. The van der Waals surface area contributed by atoms with E-state index in [2.05, 4.69) is 25.3 Å². The molecule has 1 amide bonds. The summed E-state index contributed by atoms with van der Waals surface area (Å²) in [5.41, 5.74) is 0.588. The van der Waals surface area contributed by atoms with Crippen molar-refractivity contribution < 1.29 is 14.6 Å². The second kappa shape index (κ2) is 7.46. The van der Waals surface area contributed by atoms with Crippen LogP contribution in [0.1, 0.15) is 69.1 Å². The average molecular weight is 373 g/mol. The van der Waals surface area contributed by atoms with Gasteiger partial charge in [-0.25, -0.2) is 19.9 Å². The van der Waals surface area contributed by atoms with Gasteiger partial charge in [0, 0.05) is 24.1 Å². The van der Waals surface area contributed by atoms with Crippen molar-refractivity contribution in [2.24, 2.45) is 0 Å². The van der Waals surface area contributed by atoms with Gasteiger partial charge in [0.05, 0.1) is 11.4 Å². The largest absolute Gasteiger partial charge is 0.504 e. The summed E-state index contributed by atoms with van der Waals surface area (Å²) in [4.78, 5) is 28.8. The third-order valence-electron chi connectivity index (χ3n) is 3.84. The van der Waals surface area contributed by atoms with Gasteiger partial charge in [0.2, 0.25) is 5.88 Å². The van der Waals surface area contributed by atoms with Crippen molar-refractivity contribution >= 4 is 5.91 Å². The van der Waals surface area contributed by atoms with Crippen molar-refractivity contribution in [3.05, 3.63) is 35.3 Å². The molecule has 0 atom stereocenters. The number of rotatable bonds is 4. The SMILES string of the molecule is CNC(=O)c1cncnc1OCc1nc(C(C)(C)C)c(O)c(C(C)(C)C)n1. The minimum Gasteiger partial charge on any atom is -0.504 e. The number of carbonyl (C=O) groups is 1. The number of aromatic hydroxyl groups is 1. The average Bonchev–Trinajstić information content (AvgIpc) is 2.58. The van der Waals surface area contributed by atoms with E-state index in [1.807, 2.05) is 41.5 Å². The Bertz CT molecular complexity index is 803. The fourth-order valence-electron chi connectivity index (χ4n) is 2.47. The van der Waals surface area contributed by atoms with Gasteiger partial charge in [0.25, 0.3) is 5.91 Å².